The Hall–Kier alpha value is -0.450. The number of carbonyl (C=O) groups excluding carboxylic acids is 1. The molecule has 0 aromatic rings. The summed E-state index contributed by atoms with van der Waals surface area (Å²) in [5, 5.41) is 4.31. The minimum atomic E-state index is -0.198. The van der Waals surface area contributed by atoms with E-state index in [1.54, 1.807) is 0 Å². The van der Waals surface area contributed by atoms with Gasteiger partial charge in [-0.1, -0.05) is 13.3 Å². The van der Waals surface area contributed by atoms with Gasteiger partial charge in [0.25, 0.3) is 0 Å². The molecule has 0 bridgehead atoms. The SMILES string of the molecule is CCCCOC(C=O)CCCN1CC[N]CC1. The highest BCUT2D eigenvalue weighted by Gasteiger charge is 2.12. The van der Waals surface area contributed by atoms with Crippen LogP contribution in [-0.4, -0.2) is 56.6 Å². The molecule has 1 aliphatic heterocycles. The van der Waals surface area contributed by atoms with E-state index >= 15 is 0 Å². The lowest BCUT2D eigenvalue weighted by Gasteiger charge is -2.26. The van der Waals surface area contributed by atoms with Gasteiger partial charge in [-0.25, -0.2) is 5.32 Å². The third-order valence-corrected chi connectivity index (χ3v) is 3.09. The van der Waals surface area contributed by atoms with Gasteiger partial charge in [0.15, 0.2) is 0 Å². The maximum atomic E-state index is 10.8. The Morgan fingerprint density at radius 1 is 1.35 bits per heavy atom. The van der Waals surface area contributed by atoms with Crippen LogP contribution in [0.3, 0.4) is 0 Å². The first-order chi connectivity index (χ1) is 8.36. The molecule has 0 spiro atoms. The lowest BCUT2D eigenvalue weighted by molar-refractivity contribution is -0.118. The highest BCUT2D eigenvalue weighted by atomic mass is 16.5. The summed E-state index contributed by atoms with van der Waals surface area (Å²) in [6, 6.07) is 0. The number of hydrogen-bond donors (Lipinski definition) is 0. The summed E-state index contributed by atoms with van der Waals surface area (Å²) in [5.74, 6) is 0. The Morgan fingerprint density at radius 3 is 2.76 bits per heavy atom. The molecule has 1 radical (unpaired) electrons. The van der Waals surface area contributed by atoms with Gasteiger partial charge >= 0.3 is 0 Å². The fourth-order valence-electron chi connectivity index (χ4n) is 1.96. The molecule has 0 aromatic heterocycles. The van der Waals surface area contributed by atoms with Gasteiger partial charge in [0, 0.05) is 32.8 Å². The summed E-state index contributed by atoms with van der Waals surface area (Å²) in [5.41, 5.74) is 0. The van der Waals surface area contributed by atoms with E-state index in [0.29, 0.717) is 6.61 Å². The first-order valence-corrected chi connectivity index (χ1v) is 6.79. The smallest absolute Gasteiger partial charge is 0.148 e. The first-order valence-electron chi connectivity index (χ1n) is 6.79. The molecule has 0 amide bonds. The Kier molecular flexibility index (Phi) is 8.22. The molecule has 17 heavy (non-hydrogen) atoms. The van der Waals surface area contributed by atoms with E-state index in [-0.39, 0.29) is 6.10 Å². The van der Waals surface area contributed by atoms with E-state index in [1.165, 1.54) is 0 Å². The molecule has 0 saturated carbocycles. The van der Waals surface area contributed by atoms with Gasteiger partial charge < -0.3 is 14.4 Å². The average molecular weight is 241 g/mol. The third-order valence-electron chi connectivity index (χ3n) is 3.09. The van der Waals surface area contributed by atoms with E-state index in [9.17, 15) is 4.79 Å². The Morgan fingerprint density at radius 2 is 2.12 bits per heavy atom. The minimum absolute atomic E-state index is 0.198. The number of hydrogen-bond acceptors (Lipinski definition) is 3. The van der Waals surface area contributed by atoms with Crippen molar-refractivity contribution in [3.63, 3.8) is 0 Å². The summed E-state index contributed by atoms with van der Waals surface area (Å²) in [6.45, 7) is 7.97. The number of aldehydes is 1. The predicted molar refractivity (Wildman–Crippen MR) is 68.3 cm³/mol. The van der Waals surface area contributed by atoms with Crippen LogP contribution in [-0.2, 0) is 9.53 Å². The molecule has 1 atom stereocenters. The van der Waals surface area contributed by atoms with Crippen molar-refractivity contribution in [2.24, 2.45) is 0 Å². The normalized spacial score (nSPS) is 19.1. The zero-order valence-corrected chi connectivity index (χ0v) is 10.9. The van der Waals surface area contributed by atoms with Crippen molar-refractivity contribution in [2.45, 2.75) is 38.7 Å². The Labute approximate surface area is 105 Å². The topological polar surface area (TPSA) is 43.6 Å². The van der Waals surface area contributed by atoms with E-state index in [1.807, 2.05) is 0 Å². The highest BCUT2D eigenvalue weighted by molar-refractivity contribution is 5.55. The van der Waals surface area contributed by atoms with Crippen LogP contribution in [0.4, 0.5) is 0 Å². The molecule has 99 valence electrons. The van der Waals surface area contributed by atoms with Gasteiger partial charge in [-0.05, 0) is 25.8 Å². The van der Waals surface area contributed by atoms with Gasteiger partial charge in [-0.2, -0.15) is 0 Å². The van der Waals surface area contributed by atoms with Gasteiger partial charge in [0.2, 0.25) is 0 Å². The van der Waals surface area contributed by atoms with Gasteiger partial charge in [0.1, 0.15) is 12.4 Å². The van der Waals surface area contributed by atoms with Crippen molar-refractivity contribution < 1.29 is 9.53 Å². The first kappa shape index (κ1) is 14.6. The quantitative estimate of drug-likeness (QED) is 0.448. The second kappa shape index (κ2) is 9.57. The summed E-state index contributed by atoms with van der Waals surface area (Å²) in [7, 11) is 0. The van der Waals surface area contributed by atoms with Crippen LogP contribution in [0.5, 0.6) is 0 Å². The molecular formula is C13H25N2O2. The molecule has 0 aliphatic carbocycles. The maximum absolute atomic E-state index is 10.8. The van der Waals surface area contributed by atoms with Crippen LogP contribution < -0.4 is 5.32 Å². The number of ether oxygens (including phenoxy) is 1. The molecule has 0 aromatic carbocycles. The summed E-state index contributed by atoms with van der Waals surface area (Å²) in [6.07, 6.45) is 4.79. The summed E-state index contributed by atoms with van der Waals surface area (Å²) in [4.78, 5) is 13.2. The lowest BCUT2D eigenvalue weighted by Crippen LogP contribution is -2.40. The minimum Gasteiger partial charge on any atom is -0.371 e. The average Bonchev–Trinajstić information content (AvgIpc) is 2.38. The number of carbonyl (C=O) groups is 1. The lowest BCUT2D eigenvalue weighted by atomic mass is 10.2. The summed E-state index contributed by atoms with van der Waals surface area (Å²) < 4.78 is 5.52. The Bertz CT molecular complexity index is 194. The number of unbranched alkanes of at least 4 members (excludes halogenated alkanes) is 1. The zero-order chi connectivity index (χ0) is 12.3. The molecule has 0 N–H and O–H groups in total. The zero-order valence-electron chi connectivity index (χ0n) is 10.9. The monoisotopic (exact) mass is 241 g/mol. The van der Waals surface area contributed by atoms with Gasteiger partial charge in [-0.3, -0.25) is 0 Å². The van der Waals surface area contributed by atoms with Crippen molar-refractivity contribution >= 4 is 6.29 Å². The molecule has 1 aliphatic rings. The van der Waals surface area contributed by atoms with E-state index < -0.39 is 0 Å². The van der Waals surface area contributed by atoms with Gasteiger partial charge in [0.05, 0.1) is 0 Å². The highest BCUT2D eigenvalue weighted by Crippen LogP contribution is 2.04. The number of rotatable bonds is 9. The predicted octanol–water partition coefficient (Wildman–Crippen LogP) is 1.07. The fraction of sp³-hybridized carbons (Fsp3) is 0.923. The largest absolute Gasteiger partial charge is 0.371 e. The Balaban J connectivity index is 2.03. The summed E-state index contributed by atoms with van der Waals surface area (Å²) >= 11 is 0. The van der Waals surface area contributed by atoms with Crippen molar-refractivity contribution in [2.75, 3.05) is 39.3 Å². The van der Waals surface area contributed by atoms with Crippen molar-refractivity contribution in [3.8, 4) is 0 Å². The van der Waals surface area contributed by atoms with Crippen molar-refractivity contribution in [3.05, 3.63) is 0 Å². The molecule has 1 fully saturated rings. The molecule has 1 rings (SSSR count). The van der Waals surface area contributed by atoms with E-state index in [4.69, 9.17) is 4.74 Å². The number of piperazine rings is 1. The molecule has 1 heterocycles. The molecule has 4 nitrogen and oxygen atoms in total. The van der Waals surface area contributed by atoms with E-state index in [2.05, 4.69) is 17.1 Å². The standard InChI is InChI=1S/C13H25N2O2/c1-2-3-11-17-13(12-16)5-4-8-15-9-6-14-7-10-15/h12-13H,2-11H2,1H3. The van der Waals surface area contributed by atoms with Crippen LogP contribution in [0, 0.1) is 0 Å². The van der Waals surface area contributed by atoms with Crippen molar-refractivity contribution in [1.29, 1.82) is 0 Å². The van der Waals surface area contributed by atoms with Crippen LogP contribution in [0.2, 0.25) is 0 Å². The van der Waals surface area contributed by atoms with Crippen LogP contribution in [0.15, 0.2) is 0 Å². The molecular weight excluding hydrogens is 216 g/mol. The van der Waals surface area contributed by atoms with Gasteiger partial charge in [-0.15, -0.1) is 0 Å². The second-order valence-corrected chi connectivity index (χ2v) is 4.55. The maximum Gasteiger partial charge on any atom is 0.148 e. The second-order valence-electron chi connectivity index (χ2n) is 4.55. The van der Waals surface area contributed by atoms with Crippen LogP contribution in [0.25, 0.3) is 0 Å². The van der Waals surface area contributed by atoms with E-state index in [0.717, 1.165) is 64.7 Å². The van der Waals surface area contributed by atoms with Crippen molar-refractivity contribution in [1.82, 2.24) is 10.2 Å². The van der Waals surface area contributed by atoms with Crippen LogP contribution in [0.1, 0.15) is 32.6 Å². The van der Waals surface area contributed by atoms with Crippen LogP contribution >= 0.6 is 0 Å². The number of nitrogens with zero attached hydrogens (tertiary/aromatic N) is 2. The third kappa shape index (κ3) is 6.76. The molecule has 4 heteroatoms. The fourth-order valence-corrected chi connectivity index (χ4v) is 1.96. The molecule has 1 unspecified atom stereocenters. The molecule has 1 saturated heterocycles.